The van der Waals surface area contributed by atoms with E-state index in [2.05, 4.69) is 10.3 Å². The lowest BCUT2D eigenvalue weighted by atomic mass is 10.1. The van der Waals surface area contributed by atoms with Crippen molar-refractivity contribution in [3.05, 3.63) is 61.8 Å². The normalized spacial score (nSPS) is 9.85. The first-order chi connectivity index (χ1) is 12.3. The van der Waals surface area contributed by atoms with Crippen molar-refractivity contribution in [3.63, 3.8) is 0 Å². The topological polar surface area (TPSA) is 161 Å². The van der Waals surface area contributed by atoms with Crippen LogP contribution in [-0.4, -0.2) is 27.3 Å². The second-order valence-electron chi connectivity index (χ2n) is 4.97. The number of benzene rings is 1. The predicted molar refractivity (Wildman–Crippen MR) is 87.6 cm³/mol. The molecule has 1 aromatic carbocycles. The number of rotatable bonds is 6. The molecule has 1 heterocycles. The van der Waals surface area contributed by atoms with Crippen LogP contribution in [0.25, 0.3) is 0 Å². The molecule has 0 bridgehead atoms. The van der Waals surface area contributed by atoms with Gasteiger partial charge in [-0.1, -0.05) is 0 Å². The van der Waals surface area contributed by atoms with Gasteiger partial charge in [0.1, 0.15) is 11.8 Å². The highest BCUT2D eigenvalue weighted by Gasteiger charge is 2.19. The zero-order chi connectivity index (χ0) is 19.3. The largest absolute Gasteiger partial charge is 0.476 e. The standard InChI is InChI=1S/C15H11N5O6/c1-9-2-5-13(15(17-9)20(24)25)26-8-14(21)18-12-4-3-11(19(22)23)6-10(12)7-16/h2-6H,8H2,1H3,(H,18,21). The first kappa shape index (κ1) is 18.3. The van der Waals surface area contributed by atoms with Gasteiger partial charge in [-0.3, -0.25) is 14.9 Å². The molecule has 2 aromatic rings. The molecule has 26 heavy (non-hydrogen) atoms. The number of hydrogen-bond donors (Lipinski definition) is 1. The van der Waals surface area contributed by atoms with Gasteiger partial charge in [0.05, 0.1) is 16.2 Å². The van der Waals surface area contributed by atoms with Gasteiger partial charge >= 0.3 is 5.82 Å². The predicted octanol–water partition coefficient (Wildman–Crippen LogP) is 2.10. The van der Waals surface area contributed by atoms with Crippen LogP contribution in [0.1, 0.15) is 11.3 Å². The summed E-state index contributed by atoms with van der Waals surface area (Å²) in [6.45, 7) is 0.995. The average Bonchev–Trinajstić information content (AvgIpc) is 2.60. The summed E-state index contributed by atoms with van der Waals surface area (Å²) in [5.41, 5.74) is 0.0777. The van der Waals surface area contributed by atoms with Crippen molar-refractivity contribution in [1.29, 1.82) is 5.26 Å². The summed E-state index contributed by atoms with van der Waals surface area (Å²) in [6, 6.07) is 7.91. The van der Waals surface area contributed by atoms with Crippen LogP contribution >= 0.6 is 0 Å². The fraction of sp³-hybridized carbons (Fsp3) is 0.133. The second kappa shape index (κ2) is 7.67. The van der Waals surface area contributed by atoms with Crippen molar-refractivity contribution < 1.29 is 19.4 Å². The Morgan fingerprint density at radius 1 is 1.27 bits per heavy atom. The maximum atomic E-state index is 12.0. The Bertz CT molecular complexity index is 937. The van der Waals surface area contributed by atoms with Crippen molar-refractivity contribution in [1.82, 2.24) is 4.98 Å². The van der Waals surface area contributed by atoms with E-state index < -0.39 is 28.2 Å². The van der Waals surface area contributed by atoms with E-state index >= 15 is 0 Å². The van der Waals surface area contributed by atoms with Gasteiger partial charge in [0.15, 0.2) is 6.61 Å². The van der Waals surface area contributed by atoms with E-state index in [-0.39, 0.29) is 22.7 Å². The van der Waals surface area contributed by atoms with Crippen molar-refractivity contribution in [2.45, 2.75) is 6.92 Å². The van der Waals surface area contributed by atoms with Crippen LogP contribution in [-0.2, 0) is 4.79 Å². The molecule has 0 fully saturated rings. The Morgan fingerprint density at radius 3 is 2.62 bits per heavy atom. The molecule has 11 nitrogen and oxygen atoms in total. The first-order valence-corrected chi connectivity index (χ1v) is 7.05. The highest BCUT2D eigenvalue weighted by atomic mass is 16.6. The highest BCUT2D eigenvalue weighted by Crippen LogP contribution is 2.25. The minimum absolute atomic E-state index is 0.0585. The zero-order valence-electron chi connectivity index (χ0n) is 13.3. The molecule has 0 aliphatic rings. The highest BCUT2D eigenvalue weighted by molar-refractivity contribution is 5.93. The molecule has 0 atom stereocenters. The summed E-state index contributed by atoms with van der Waals surface area (Å²) in [6.07, 6.45) is 0. The van der Waals surface area contributed by atoms with Crippen LogP contribution in [0.2, 0.25) is 0 Å². The maximum absolute atomic E-state index is 12.0. The van der Waals surface area contributed by atoms with E-state index in [1.165, 1.54) is 18.2 Å². The van der Waals surface area contributed by atoms with Crippen molar-refractivity contribution in [2.24, 2.45) is 0 Å². The van der Waals surface area contributed by atoms with E-state index in [4.69, 9.17) is 10.00 Å². The lowest BCUT2D eigenvalue weighted by Gasteiger charge is -2.08. The summed E-state index contributed by atoms with van der Waals surface area (Å²) >= 11 is 0. The summed E-state index contributed by atoms with van der Waals surface area (Å²) in [4.78, 5) is 35.9. The smallest absolute Gasteiger partial charge is 0.406 e. The number of nitro groups is 2. The summed E-state index contributed by atoms with van der Waals surface area (Å²) in [5.74, 6) is -1.41. The Labute approximate surface area is 146 Å². The average molecular weight is 357 g/mol. The minimum Gasteiger partial charge on any atom is -0.476 e. The number of nitrogens with zero attached hydrogens (tertiary/aromatic N) is 4. The van der Waals surface area contributed by atoms with Gasteiger partial charge in [0.25, 0.3) is 11.6 Å². The van der Waals surface area contributed by atoms with E-state index in [1.807, 2.05) is 0 Å². The van der Waals surface area contributed by atoms with E-state index in [0.717, 1.165) is 12.1 Å². The number of nitriles is 1. The Morgan fingerprint density at radius 2 is 2.00 bits per heavy atom. The van der Waals surface area contributed by atoms with E-state index in [9.17, 15) is 25.0 Å². The number of nitrogens with one attached hydrogen (secondary N) is 1. The molecule has 0 aliphatic heterocycles. The number of anilines is 1. The summed E-state index contributed by atoms with van der Waals surface area (Å²) in [7, 11) is 0. The molecule has 0 spiro atoms. The van der Waals surface area contributed by atoms with Gasteiger partial charge in [-0.05, 0) is 28.1 Å². The Balaban J connectivity index is 2.10. The molecule has 11 heteroatoms. The molecule has 132 valence electrons. The van der Waals surface area contributed by atoms with E-state index in [1.54, 1.807) is 13.0 Å². The molecule has 0 radical (unpaired) electrons. The summed E-state index contributed by atoms with van der Waals surface area (Å²) < 4.78 is 5.12. The zero-order valence-corrected chi connectivity index (χ0v) is 13.3. The SMILES string of the molecule is Cc1ccc(OCC(=O)Nc2ccc([N+](=O)[O-])cc2C#N)c([N+](=O)[O-])n1. The lowest BCUT2D eigenvalue weighted by molar-refractivity contribution is -0.390. The number of carbonyl (C=O) groups is 1. The van der Waals surface area contributed by atoms with Gasteiger partial charge in [0.2, 0.25) is 5.75 Å². The maximum Gasteiger partial charge on any atom is 0.406 e. The quantitative estimate of drug-likeness (QED) is 0.607. The van der Waals surface area contributed by atoms with E-state index in [0.29, 0.717) is 5.69 Å². The number of aryl methyl sites for hydroxylation is 1. The van der Waals surface area contributed by atoms with Gasteiger partial charge < -0.3 is 20.2 Å². The molecular weight excluding hydrogens is 346 g/mol. The molecule has 1 N–H and O–H groups in total. The van der Waals surface area contributed by atoms with Crippen LogP contribution in [0.15, 0.2) is 30.3 Å². The third-order valence-electron chi connectivity index (χ3n) is 3.12. The third-order valence-corrected chi connectivity index (χ3v) is 3.12. The molecule has 1 amide bonds. The fourth-order valence-electron chi connectivity index (χ4n) is 1.95. The van der Waals surface area contributed by atoms with Crippen LogP contribution < -0.4 is 10.1 Å². The van der Waals surface area contributed by atoms with Crippen LogP contribution in [0.4, 0.5) is 17.2 Å². The van der Waals surface area contributed by atoms with Gasteiger partial charge in [-0.25, -0.2) is 0 Å². The van der Waals surface area contributed by atoms with Crippen molar-refractivity contribution in [3.8, 4) is 11.8 Å². The van der Waals surface area contributed by atoms with Crippen molar-refractivity contribution >= 4 is 23.1 Å². The number of nitro benzene ring substituents is 1. The molecule has 0 aliphatic carbocycles. The van der Waals surface area contributed by atoms with Gasteiger partial charge in [0, 0.05) is 19.1 Å². The number of pyridine rings is 1. The molecule has 2 rings (SSSR count). The third kappa shape index (κ3) is 4.26. The van der Waals surface area contributed by atoms with Gasteiger partial charge in [-0.15, -0.1) is 0 Å². The fourth-order valence-corrected chi connectivity index (χ4v) is 1.95. The number of hydrogen-bond acceptors (Lipinski definition) is 8. The summed E-state index contributed by atoms with van der Waals surface area (Å²) in [5, 5.41) is 33.0. The number of aromatic nitrogens is 1. The minimum atomic E-state index is -0.732. The first-order valence-electron chi connectivity index (χ1n) is 7.05. The Hall–Kier alpha value is -4.07. The van der Waals surface area contributed by atoms with Crippen LogP contribution in [0, 0.1) is 38.5 Å². The number of non-ortho nitro benzene ring substituents is 1. The number of ether oxygens (including phenoxy) is 1. The molecule has 0 unspecified atom stereocenters. The molecular formula is C15H11N5O6. The number of carbonyl (C=O) groups excluding carboxylic acids is 1. The van der Waals surface area contributed by atoms with Crippen LogP contribution in [0.5, 0.6) is 5.75 Å². The molecule has 1 aromatic heterocycles. The second-order valence-corrected chi connectivity index (χ2v) is 4.97. The van der Waals surface area contributed by atoms with Crippen LogP contribution in [0.3, 0.4) is 0 Å². The monoisotopic (exact) mass is 357 g/mol. The van der Waals surface area contributed by atoms with Gasteiger partial charge in [-0.2, -0.15) is 5.26 Å². The molecule has 0 saturated heterocycles. The van der Waals surface area contributed by atoms with Crippen molar-refractivity contribution in [2.75, 3.05) is 11.9 Å². The molecule has 0 saturated carbocycles. The Kier molecular flexibility index (Phi) is 5.39. The number of amides is 1. The lowest BCUT2D eigenvalue weighted by Crippen LogP contribution is -2.21.